The van der Waals surface area contributed by atoms with Crippen molar-refractivity contribution in [3.63, 3.8) is 0 Å². The molecule has 3 aromatic rings. The molecule has 7 nitrogen and oxygen atoms in total. The molecule has 0 saturated heterocycles. The second kappa shape index (κ2) is 6.66. The van der Waals surface area contributed by atoms with Gasteiger partial charge in [-0.15, -0.1) is 0 Å². The summed E-state index contributed by atoms with van der Waals surface area (Å²) in [6.07, 6.45) is 0. The summed E-state index contributed by atoms with van der Waals surface area (Å²) in [5, 5.41) is 0. The van der Waals surface area contributed by atoms with Gasteiger partial charge >= 0.3 is 11.1 Å². The van der Waals surface area contributed by atoms with Crippen LogP contribution < -0.4 is 15.8 Å². The van der Waals surface area contributed by atoms with Gasteiger partial charge in [-0.05, 0) is 36.8 Å². The van der Waals surface area contributed by atoms with Crippen LogP contribution in [0.2, 0.25) is 0 Å². The summed E-state index contributed by atoms with van der Waals surface area (Å²) in [4.78, 5) is 26.5. The number of hydrogen-bond acceptors (Lipinski definition) is 4. The Kier molecular flexibility index (Phi) is 4.56. The molecular formula is C17H17N3O4S. The molecule has 0 saturated carbocycles. The summed E-state index contributed by atoms with van der Waals surface area (Å²) >= 11 is 0. The quantitative estimate of drug-likeness (QED) is 0.663. The molecule has 0 amide bonds. The number of nitrogens with one attached hydrogen (secondary N) is 2. The first-order chi connectivity index (χ1) is 11.9. The summed E-state index contributed by atoms with van der Waals surface area (Å²) in [6, 6.07) is 13.4. The number of sulfonamides is 1. The maximum Gasteiger partial charge on any atom is 0.316 e. The fourth-order valence-corrected chi connectivity index (χ4v) is 3.73. The molecule has 0 aliphatic carbocycles. The number of nitrogens with zero attached hydrogens (tertiary/aromatic N) is 1. The first-order valence-corrected chi connectivity index (χ1v) is 9.15. The molecule has 0 aliphatic rings. The summed E-state index contributed by atoms with van der Waals surface area (Å²) in [5.74, 6) is 0. The number of rotatable bonds is 5. The molecule has 0 atom stereocenters. The summed E-state index contributed by atoms with van der Waals surface area (Å²) in [7, 11) is -3.68. The number of hydrogen-bond donors (Lipinski definition) is 2. The monoisotopic (exact) mass is 359 g/mol. The van der Waals surface area contributed by atoms with Crippen molar-refractivity contribution in [1.29, 1.82) is 0 Å². The van der Waals surface area contributed by atoms with Crippen LogP contribution >= 0.6 is 0 Å². The lowest BCUT2D eigenvalue weighted by atomic mass is 10.2. The summed E-state index contributed by atoms with van der Waals surface area (Å²) in [6.45, 7) is 1.85. The van der Waals surface area contributed by atoms with Crippen LogP contribution in [0.15, 0.2) is 63.0 Å². The predicted octanol–water partition coefficient (Wildman–Crippen LogP) is 0.977. The molecule has 130 valence electrons. The van der Waals surface area contributed by atoms with Gasteiger partial charge in [0, 0.05) is 13.1 Å². The van der Waals surface area contributed by atoms with E-state index in [2.05, 4.69) is 9.71 Å². The minimum Gasteiger partial charge on any atom is -0.316 e. The van der Waals surface area contributed by atoms with Crippen LogP contribution in [0, 0.1) is 6.92 Å². The molecule has 1 heterocycles. The molecule has 0 spiro atoms. The fourth-order valence-electron chi connectivity index (χ4n) is 2.60. The Labute approximate surface area is 144 Å². The van der Waals surface area contributed by atoms with Gasteiger partial charge in [0.2, 0.25) is 10.0 Å². The van der Waals surface area contributed by atoms with Crippen molar-refractivity contribution in [2.75, 3.05) is 6.54 Å². The average Bonchev–Trinajstić information content (AvgIpc) is 2.58. The van der Waals surface area contributed by atoms with E-state index in [0.29, 0.717) is 11.0 Å². The lowest BCUT2D eigenvalue weighted by Gasteiger charge is -2.11. The van der Waals surface area contributed by atoms with Gasteiger partial charge in [-0.3, -0.25) is 9.59 Å². The number of fused-ring (bicyclic) bond motifs is 1. The van der Waals surface area contributed by atoms with Crippen molar-refractivity contribution in [3.05, 3.63) is 74.8 Å². The molecule has 0 unspecified atom stereocenters. The van der Waals surface area contributed by atoms with Crippen LogP contribution in [0.5, 0.6) is 0 Å². The summed E-state index contributed by atoms with van der Waals surface area (Å²) in [5.41, 5.74) is 0.448. The van der Waals surface area contributed by atoms with Crippen molar-refractivity contribution in [3.8, 4) is 0 Å². The number of aromatic nitrogens is 2. The van der Waals surface area contributed by atoms with Crippen LogP contribution in [0.1, 0.15) is 5.56 Å². The first kappa shape index (κ1) is 17.1. The zero-order chi connectivity index (χ0) is 18.0. The average molecular weight is 359 g/mol. The zero-order valence-electron chi connectivity index (χ0n) is 13.5. The van der Waals surface area contributed by atoms with Crippen LogP contribution in [-0.4, -0.2) is 24.5 Å². The number of benzene rings is 2. The normalized spacial score (nSPS) is 11.7. The molecule has 8 heteroatoms. The highest BCUT2D eigenvalue weighted by molar-refractivity contribution is 7.89. The van der Waals surface area contributed by atoms with Gasteiger partial charge in [0.15, 0.2) is 0 Å². The van der Waals surface area contributed by atoms with Crippen molar-refractivity contribution in [2.24, 2.45) is 0 Å². The van der Waals surface area contributed by atoms with E-state index in [1.807, 2.05) is 0 Å². The number of aryl methyl sites for hydroxylation is 1. The van der Waals surface area contributed by atoms with Crippen molar-refractivity contribution in [2.45, 2.75) is 18.4 Å². The Balaban J connectivity index is 1.85. The lowest BCUT2D eigenvalue weighted by Crippen LogP contribution is -2.39. The third-order valence-corrected chi connectivity index (χ3v) is 5.27. The molecular weight excluding hydrogens is 342 g/mol. The van der Waals surface area contributed by atoms with Gasteiger partial charge in [0.05, 0.1) is 15.9 Å². The Morgan fingerprint density at radius 2 is 1.84 bits per heavy atom. The molecule has 0 bridgehead atoms. The maximum absolute atomic E-state index is 12.3. The van der Waals surface area contributed by atoms with E-state index < -0.39 is 21.1 Å². The largest absolute Gasteiger partial charge is 0.316 e. The van der Waals surface area contributed by atoms with Crippen LogP contribution in [0.25, 0.3) is 11.0 Å². The topological polar surface area (TPSA) is 101 Å². The smallest absolute Gasteiger partial charge is 0.316 e. The molecule has 0 aliphatic heterocycles. The van der Waals surface area contributed by atoms with Crippen molar-refractivity contribution < 1.29 is 8.42 Å². The second-order valence-electron chi connectivity index (χ2n) is 5.64. The van der Waals surface area contributed by atoms with Crippen molar-refractivity contribution in [1.82, 2.24) is 14.3 Å². The van der Waals surface area contributed by atoms with Crippen molar-refractivity contribution >= 4 is 21.1 Å². The lowest BCUT2D eigenvalue weighted by molar-refractivity contribution is 0.572. The maximum atomic E-state index is 12.3. The van der Waals surface area contributed by atoms with Crippen LogP contribution in [0.4, 0.5) is 0 Å². The minimum atomic E-state index is -3.68. The third kappa shape index (κ3) is 3.54. The second-order valence-corrected chi connectivity index (χ2v) is 7.41. The fraction of sp³-hybridized carbons (Fsp3) is 0.176. The Morgan fingerprint density at radius 1 is 1.08 bits per heavy atom. The molecule has 1 aromatic heterocycles. The van der Waals surface area contributed by atoms with E-state index in [-0.39, 0.29) is 18.0 Å². The van der Waals surface area contributed by atoms with E-state index in [1.54, 1.807) is 49.4 Å². The van der Waals surface area contributed by atoms with E-state index >= 15 is 0 Å². The van der Waals surface area contributed by atoms with Gasteiger partial charge in [0.25, 0.3) is 0 Å². The zero-order valence-corrected chi connectivity index (χ0v) is 14.3. The molecule has 2 aromatic carbocycles. The van der Waals surface area contributed by atoms with E-state index in [1.165, 1.54) is 10.6 Å². The van der Waals surface area contributed by atoms with Crippen LogP contribution in [0.3, 0.4) is 0 Å². The van der Waals surface area contributed by atoms with E-state index in [9.17, 15) is 18.0 Å². The number of para-hydroxylation sites is 2. The van der Waals surface area contributed by atoms with E-state index in [0.717, 1.165) is 5.56 Å². The standard InChI is InChI=1S/C17H17N3O4S/c1-12-5-4-6-13(11-12)25(23,24)18-9-10-20-15-8-3-2-7-14(15)19-16(21)17(20)22/h2-8,11,18H,9-10H2,1H3,(H,19,21). The highest BCUT2D eigenvalue weighted by atomic mass is 32.2. The van der Waals surface area contributed by atoms with E-state index in [4.69, 9.17) is 0 Å². The summed E-state index contributed by atoms with van der Waals surface area (Å²) < 4.78 is 28.4. The first-order valence-electron chi connectivity index (χ1n) is 7.67. The van der Waals surface area contributed by atoms with Crippen LogP contribution in [-0.2, 0) is 16.6 Å². The Morgan fingerprint density at radius 3 is 2.60 bits per heavy atom. The van der Waals surface area contributed by atoms with Gasteiger partial charge in [-0.2, -0.15) is 0 Å². The molecule has 2 N–H and O–H groups in total. The molecule has 0 radical (unpaired) electrons. The molecule has 0 fully saturated rings. The highest BCUT2D eigenvalue weighted by Gasteiger charge is 2.14. The highest BCUT2D eigenvalue weighted by Crippen LogP contribution is 2.11. The molecule has 25 heavy (non-hydrogen) atoms. The number of H-pyrrole nitrogens is 1. The van der Waals surface area contributed by atoms with Gasteiger partial charge < -0.3 is 9.55 Å². The third-order valence-electron chi connectivity index (χ3n) is 3.81. The Bertz CT molecular complexity index is 1150. The number of aromatic amines is 1. The van der Waals surface area contributed by atoms with Gasteiger partial charge in [0.1, 0.15) is 0 Å². The Hall–Kier alpha value is -2.71. The predicted molar refractivity (Wildman–Crippen MR) is 95.2 cm³/mol. The van der Waals surface area contributed by atoms with Gasteiger partial charge in [-0.1, -0.05) is 24.3 Å². The molecule has 3 rings (SSSR count). The SMILES string of the molecule is Cc1cccc(S(=O)(=O)NCCn2c(=O)c(=O)[nH]c3ccccc32)c1. The van der Waals surface area contributed by atoms with Gasteiger partial charge in [-0.25, -0.2) is 13.1 Å². The minimum absolute atomic E-state index is 0.0103.